The largest absolute Gasteiger partial charge is 0.453 e. The van der Waals surface area contributed by atoms with Gasteiger partial charge >= 0.3 is 0 Å². The minimum absolute atomic E-state index is 0.767. The van der Waals surface area contributed by atoms with Crippen LogP contribution in [0.3, 0.4) is 0 Å². The molecule has 0 aromatic carbocycles. The third-order valence-corrected chi connectivity index (χ3v) is 3.18. The van der Waals surface area contributed by atoms with Crippen LogP contribution in [-0.4, -0.2) is 16.3 Å². The molecular weight excluding hydrogens is 294 g/mol. The highest BCUT2D eigenvalue weighted by Crippen LogP contribution is 2.13. The van der Waals surface area contributed by atoms with E-state index in [9.17, 15) is 0 Å². The maximum absolute atomic E-state index is 5.41. The van der Waals surface area contributed by atoms with Crippen LogP contribution in [0.25, 0.3) is 0 Å². The van der Waals surface area contributed by atoms with Crippen molar-refractivity contribution in [2.24, 2.45) is 0 Å². The molecular formula is C13H18BrN3O. The molecule has 0 spiro atoms. The van der Waals surface area contributed by atoms with Gasteiger partial charge in [0.2, 0.25) is 0 Å². The van der Waals surface area contributed by atoms with Gasteiger partial charge in [-0.2, -0.15) is 5.10 Å². The summed E-state index contributed by atoms with van der Waals surface area (Å²) in [5, 5.41) is 7.79. The van der Waals surface area contributed by atoms with Gasteiger partial charge in [-0.25, -0.2) is 0 Å². The number of furan rings is 1. The van der Waals surface area contributed by atoms with E-state index in [0.717, 1.165) is 42.2 Å². The topological polar surface area (TPSA) is 43.0 Å². The molecule has 0 aliphatic rings. The molecule has 0 aliphatic heterocycles. The van der Waals surface area contributed by atoms with Gasteiger partial charge in [0.15, 0.2) is 4.67 Å². The smallest absolute Gasteiger partial charge is 0.169 e. The second-order valence-electron chi connectivity index (χ2n) is 4.39. The minimum atomic E-state index is 0.767. The molecule has 0 atom stereocenters. The lowest BCUT2D eigenvalue weighted by atomic mass is 10.3. The third-order valence-electron chi connectivity index (χ3n) is 2.75. The lowest BCUT2D eigenvalue weighted by molar-refractivity contribution is 0.456. The Balaban J connectivity index is 1.66. The Bertz CT molecular complexity index is 504. The fraction of sp³-hybridized carbons (Fsp3) is 0.462. The molecule has 2 heterocycles. The zero-order chi connectivity index (χ0) is 13.0. The first-order valence-electron chi connectivity index (χ1n) is 6.11. The van der Waals surface area contributed by atoms with Crippen LogP contribution in [0.1, 0.15) is 23.6 Å². The predicted molar refractivity (Wildman–Crippen MR) is 74.4 cm³/mol. The number of aryl methyl sites for hydroxylation is 3. The Labute approximate surface area is 115 Å². The van der Waals surface area contributed by atoms with Gasteiger partial charge in [0.25, 0.3) is 0 Å². The average molecular weight is 312 g/mol. The number of aromatic nitrogens is 2. The summed E-state index contributed by atoms with van der Waals surface area (Å²) in [5.74, 6) is 0.952. The van der Waals surface area contributed by atoms with Crippen LogP contribution in [0, 0.1) is 13.8 Å². The van der Waals surface area contributed by atoms with E-state index in [4.69, 9.17) is 4.42 Å². The molecule has 2 rings (SSSR count). The van der Waals surface area contributed by atoms with E-state index in [2.05, 4.69) is 44.0 Å². The molecule has 0 radical (unpaired) electrons. The van der Waals surface area contributed by atoms with Crippen LogP contribution >= 0.6 is 15.9 Å². The van der Waals surface area contributed by atoms with Gasteiger partial charge in [-0.3, -0.25) is 4.68 Å². The summed E-state index contributed by atoms with van der Waals surface area (Å²) >= 11 is 3.29. The van der Waals surface area contributed by atoms with E-state index in [1.54, 1.807) is 0 Å². The Morgan fingerprint density at radius 3 is 2.83 bits per heavy atom. The highest BCUT2D eigenvalue weighted by Gasteiger charge is 2.01. The Morgan fingerprint density at radius 1 is 1.39 bits per heavy atom. The maximum atomic E-state index is 5.41. The molecule has 1 N–H and O–H groups in total. The second kappa shape index (κ2) is 6.20. The molecule has 4 nitrogen and oxygen atoms in total. The third kappa shape index (κ3) is 3.71. The van der Waals surface area contributed by atoms with Gasteiger partial charge in [-0.05, 0) is 60.9 Å². The normalized spacial score (nSPS) is 11.1. The van der Waals surface area contributed by atoms with Crippen molar-refractivity contribution >= 4 is 15.9 Å². The van der Waals surface area contributed by atoms with Crippen molar-refractivity contribution < 1.29 is 4.42 Å². The van der Waals surface area contributed by atoms with Crippen molar-refractivity contribution in [3.63, 3.8) is 0 Å². The second-order valence-corrected chi connectivity index (χ2v) is 5.17. The van der Waals surface area contributed by atoms with Crippen molar-refractivity contribution in [1.29, 1.82) is 0 Å². The molecule has 18 heavy (non-hydrogen) atoms. The summed E-state index contributed by atoms with van der Waals surface area (Å²) in [5.41, 5.74) is 2.31. The quantitative estimate of drug-likeness (QED) is 0.834. The molecule has 0 fully saturated rings. The monoisotopic (exact) mass is 311 g/mol. The Morgan fingerprint density at radius 2 is 2.22 bits per heavy atom. The summed E-state index contributed by atoms with van der Waals surface area (Å²) < 4.78 is 8.24. The first-order valence-corrected chi connectivity index (χ1v) is 6.90. The van der Waals surface area contributed by atoms with Crippen molar-refractivity contribution in [2.45, 2.75) is 33.4 Å². The van der Waals surface area contributed by atoms with Gasteiger partial charge in [0, 0.05) is 12.2 Å². The number of halogens is 1. The first kappa shape index (κ1) is 13.4. The van der Waals surface area contributed by atoms with Crippen LogP contribution in [0.5, 0.6) is 0 Å². The van der Waals surface area contributed by atoms with Crippen LogP contribution in [0.15, 0.2) is 27.3 Å². The van der Waals surface area contributed by atoms with Crippen LogP contribution < -0.4 is 5.32 Å². The molecule has 98 valence electrons. The molecule has 0 unspecified atom stereocenters. The van der Waals surface area contributed by atoms with Crippen molar-refractivity contribution in [3.8, 4) is 0 Å². The van der Waals surface area contributed by atoms with E-state index in [-0.39, 0.29) is 0 Å². The molecule has 0 aliphatic carbocycles. The van der Waals surface area contributed by atoms with Crippen LogP contribution in [-0.2, 0) is 13.1 Å². The Hall–Kier alpha value is -1.07. The fourth-order valence-electron chi connectivity index (χ4n) is 1.91. The van der Waals surface area contributed by atoms with Crippen molar-refractivity contribution in [2.75, 3.05) is 6.54 Å². The standard InChI is InChI=1S/C13H18BrN3O/c1-10-8-11(2)17(16-10)7-3-6-15-9-12-4-5-13(14)18-12/h4-5,8,15H,3,6-7,9H2,1-2H3. The lowest BCUT2D eigenvalue weighted by Crippen LogP contribution is -2.16. The van der Waals surface area contributed by atoms with Gasteiger partial charge in [0.05, 0.1) is 12.2 Å². The summed E-state index contributed by atoms with van der Waals surface area (Å²) in [7, 11) is 0. The van der Waals surface area contributed by atoms with E-state index in [1.807, 2.05) is 19.1 Å². The lowest BCUT2D eigenvalue weighted by Gasteiger charge is -2.05. The molecule has 5 heteroatoms. The number of rotatable bonds is 6. The summed E-state index contributed by atoms with van der Waals surface area (Å²) in [4.78, 5) is 0. The number of nitrogens with zero attached hydrogens (tertiary/aromatic N) is 2. The molecule has 0 bridgehead atoms. The number of hydrogen-bond donors (Lipinski definition) is 1. The van der Waals surface area contributed by atoms with Crippen molar-refractivity contribution in [1.82, 2.24) is 15.1 Å². The summed E-state index contributed by atoms with van der Waals surface area (Å²) in [6, 6.07) is 5.98. The maximum Gasteiger partial charge on any atom is 0.169 e. The average Bonchev–Trinajstić information content (AvgIpc) is 2.85. The zero-order valence-electron chi connectivity index (χ0n) is 10.7. The fourth-order valence-corrected chi connectivity index (χ4v) is 2.25. The molecule has 0 saturated heterocycles. The van der Waals surface area contributed by atoms with Crippen molar-refractivity contribution in [3.05, 3.63) is 40.0 Å². The van der Waals surface area contributed by atoms with Crippen LogP contribution in [0.2, 0.25) is 0 Å². The number of nitrogens with one attached hydrogen (secondary N) is 1. The highest BCUT2D eigenvalue weighted by molar-refractivity contribution is 9.10. The van der Waals surface area contributed by atoms with Crippen LogP contribution in [0.4, 0.5) is 0 Å². The zero-order valence-corrected chi connectivity index (χ0v) is 12.3. The molecule has 2 aromatic heterocycles. The van der Waals surface area contributed by atoms with E-state index in [1.165, 1.54) is 5.69 Å². The van der Waals surface area contributed by atoms with Gasteiger partial charge in [-0.1, -0.05) is 0 Å². The summed E-state index contributed by atoms with van der Waals surface area (Å²) in [6.07, 6.45) is 1.06. The molecule has 0 amide bonds. The molecule has 0 saturated carbocycles. The first-order chi connectivity index (χ1) is 8.65. The van der Waals surface area contributed by atoms with Gasteiger partial charge in [0.1, 0.15) is 5.76 Å². The summed E-state index contributed by atoms with van der Waals surface area (Å²) in [6.45, 7) is 6.79. The minimum Gasteiger partial charge on any atom is -0.453 e. The predicted octanol–water partition coefficient (Wildman–Crippen LogP) is 3.04. The van der Waals surface area contributed by atoms with E-state index in [0.29, 0.717) is 0 Å². The SMILES string of the molecule is Cc1cc(C)n(CCCNCc2ccc(Br)o2)n1. The molecule has 2 aromatic rings. The number of hydrogen-bond acceptors (Lipinski definition) is 3. The van der Waals surface area contributed by atoms with E-state index < -0.39 is 0 Å². The highest BCUT2D eigenvalue weighted by atomic mass is 79.9. The van der Waals surface area contributed by atoms with Gasteiger partial charge in [-0.15, -0.1) is 0 Å². The van der Waals surface area contributed by atoms with E-state index >= 15 is 0 Å². The Kier molecular flexibility index (Phi) is 4.60. The van der Waals surface area contributed by atoms with Gasteiger partial charge < -0.3 is 9.73 Å².